The molecule has 1 heterocycles. The van der Waals surface area contributed by atoms with Crippen LogP contribution in [0.1, 0.15) is 55.1 Å². The van der Waals surface area contributed by atoms with Crippen LogP contribution in [-0.2, 0) is 0 Å². The van der Waals surface area contributed by atoms with Crippen LogP contribution in [0.4, 0.5) is 0 Å². The number of hydrogen-bond acceptors (Lipinski definition) is 3. The molecule has 0 aromatic heterocycles. The fourth-order valence-corrected chi connectivity index (χ4v) is 2.99. The standard InChI is InChI=1S/C19H23ClO3/c1-12(2)7-6-9-19(4)10-8-14-17(22-5)15(11-21)13(3)16(20)18(14)23-19/h7-8,10-11H,6,9H2,1-5H3. The number of methoxy groups -OCH3 is 1. The Morgan fingerprint density at radius 3 is 2.70 bits per heavy atom. The molecule has 0 fully saturated rings. The maximum atomic E-state index is 11.4. The van der Waals surface area contributed by atoms with Gasteiger partial charge in [-0.05, 0) is 58.3 Å². The quantitative estimate of drug-likeness (QED) is 0.535. The van der Waals surface area contributed by atoms with Gasteiger partial charge in [0.05, 0.1) is 23.3 Å². The zero-order valence-corrected chi connectivity index (χ0v) is 15.1. The maximum absolute atomic E-state index is 11.4. The highest BCUT2D eigenvalue weighted by Crippen LogP contribution is 2.46. The summed E-state index contributed by atoms with van der Waals surface area (Å²) in [4.78, 5) is 11.4. The molecule has 0 bridgehead atoms. The van der Waals surface area contributed by atoms with E-state index in [0.717, 1.165) is 24.7 Å². The number of allylic oxidation sites excluding steroid dienone is 2. The molecule has 1 atom stereocenters. The van der Waals surface area contributed by atoms with E-state index in [0.29, 0.717) is 27.6 Å². The smallest absolute Gasteiger partial charge is 0.154 e. The molecule has 1 aliphatic rings. The lowest BCUT2D eigenvalue weighted by Gasteiger charge is -2.33. The molecule has 1 aromatic rings. The highest BCUT2D eigenvalue weighted by atomic mass is 35.5. The largest absolute Gasteiger partial charge is 0.495 e. The molecule has 23 heavy (non-hydrogen) atoms. The van der Waals surface area contributed by atoms with Crippen LogP contribution in [0.3, 0.4) is 0 Å². The minimum atomic E-state index is -0.428. The number of benzene rings is 1. The first-order chi connectivity index (χ1) is 10.8. The SMILES string of the molecule is COc1c(C=O)c(C)c(Cl)c2c1C=CC(C)(CCC=C(C)C)O2. The van der Waals surface area contributed by atoms with E-state index in [1.54, 1.807) is 14.0 Å². The van der Waals surface area contributed by atoms with Gasteiger partial charge in [-0.25, -0.2) is 0 Å². The van der Waals surface area contributed by atoms with Crippen LogP contribution in [-0.4, -0.2) is 19.0 Å². The number of rotatable bonds is 5. The van der Waals surface area contributed by atoms with Gasteiger partial charge < -0.3 is 9.47 Å². The highest BCUT2D eigenvalue weighted by molar-refractivity contribution is 6.33. The highest BCUT2D eigenvalue weighted by Gasteiger charge is 2.32. The number of hydrogen-bond donors (Lipinski definition) is 0. The number of aldehydes is 1. The molecule has 124 valence electrons. The summed E-state index contributed by atoms with van der Waals surface area (Å²) in [6, 6.07) is 0. The lowest BCUT2D eigenvalue weighted by atomic mass is 9.92. The average molecular weight is 335 g/mol. The summed E-state index contributed by atoms with van der Waals surface area (Å²) in [6.45, 7) is 8.01. The molecular formula is C19H23ClO3. The van der Waals surface area contributed by atoms with E-state index in [9.17, 15) is 4.79 Å². The molecule has 4 heteroatoms. The van der Waals surface area contributed by atoms with Crippen molar-refractivity contribution in [3.63, 3.8) is 0 Å². The molecule has 0 amide bonds. The van der Waals surface area contributed by atoms with Gasteiger partial charge in [-0.2, -0.15) is 0 Å². The molecule has 0 aliphatic carbocycles. The Bertz CT molecular complexity index is 685. The van der Waals surface area contributed by atoms with Crippen LogP contribution in [0, 0.1) is 6.92 Å². The molecule has 1 unspecified atom stereocenters. The molecule has 0 radical (unpaired) electrons. The summed E-state index contributed by atoms with van der Waals surface area (Å²) < 4.78 is 11.6. The van der Waals surface area contributed by atoms with E-state index in [2.05, 4.69) is 19.9 Å². The average Bonchev–Trinajstić information content (AvgIpc) is 2.50. The normalized spacial score (nSPS) is 18.9. The van der Waals surface area contributed by atoms with E-state index in [1.165, 1.54) is 5.57 Å². The number of carbonyl (C=O) groups is 1. The Hall–Kier alpha value is -1.74. The lowest BCUT2D eigenvalue weighted by Crippen LogP contribution is -2.32. The molecule has 0 saturated carbocycles. The Labute approximate surface area is 142 Å². The van der Waals surface area contributed by atoms with Gasteiger partial charge in [-0.3, -0.25) is 4.79 Å². The summed E-state index contributed by atoms with van der Waals surface area (Å²) >= 11 is 6.45. The second-order valence-electron chi connectivity index (χ2n) is 6.31. The summed E-state index contributed by atoms with van der Waals surface area (Å²) in [5, 5.41) is 0.473. The first kappa shape index (κ1) is 17.6. The van der Waals surface area contributed by atoms with Gasteiger partial charge in [0, 0.05) is 0 Å². The fraction of sp³-hybridized carbons (Fsp3) is 0.421. The molecule has 1 aromatic carbocycles. The van der Waals surface area contributed by atoms with Crippen LogP contribution in [0.5, 0.6) is 11.5 Å². The van der Waals surface area contributed by atoms with Crippen molar-refractivity contribution in [2.24, 2.45) is 0 Å². The zero-order chi connectivity index (χ0) is 17.2. The molecular weight excluding hydrogens is 312 g/mol. The molecule has 0 N–H and O–H groups in total. The third-order valence-electron chi connectivity index (χ3n) is 4.12. The van der Waals surface area contributed by atoms with Crippen molar-refractivity contribution < 1.29 is 14.3 Å². The predicted molar refractivity (Wildman–Crippen MR) is 94.9 cm³/mol. The molecule has 2 rings (SSSR count). The Balaban J connectivity index is 2.44. The van der Waals surface area contributed by atoms with Crippen LogP contribution in [0.2, 0.25) is 5.02 Å². The summed E-state index contributed by atoms with van der Waals surface area (Å²) in [6.07, 6.45) is 8.70. The summed E-state index contributed by atoms with van der Waals surface area (Å²) in [5.41, 5.74) is 2.74. The minimum Gasteiger partial charge on any atom is -0.495 e. The van der Waals surface area contributed by atoms with E-state index < -0.39 is 5.60 Å². The van der Waals surface area contributed by atoms with Crippen molar-refractivity contribution in [3.05, 3.63) is 39.4 Å². The van der Waals surface area contributed by atoms with Gasteiger partial charge in [0.25, 0.3) is 0 Å². The van der Waals surface area contributed by atoms with Gasteiger partial charge >= 0.3 is 0 Å². The number of halogens is 1. The maximum Gasteiger partial charge on any atom is 0.154 e. The first-order valence-corrected chi connectivity index (χ1v) is 8.07. The van der Waals surface area contributed by atoms with Crippen molar-refractivity contribution in [1.29, 1.82) is 0 Å². The van der Waals surface area contributed by atoms with Gasteiger partial charge in [0.15, 0.2) is 6.29 Å². The third-order valence-corrected chi connectivity index (χ3v) is 4.57. The fourth-order valence-electron chi connectivity index (χ4n) is 2.75. The summed E-state index contributed by atoms with van der Waals surface area (Å²) in [7, 11) is 1.55. The zero-order valence-electron chi connectivity index (χ0n) is 14.3. The van der Waals surface area contributed by atoms with E-state index >= 15 is 0 Å². The predicted octanol–water partition coefficient (Wildman–Crippen LogP) is 5.38. The second kappa shape index (κ2) is 6.79. The number of ether oxygens (including phenoxy) is 2. The summed E-state index contributed by atoms with van der Waals surface area (Å²) in [5.74, 6) is 1.10. The van der Waals surface area contributed by atoms with Gasteiger partial charge in [-0.15, -0.1) is 0 Å². The Morgan fingerprint density at radius 2 is 2.13 bits per heavy atom. The monoisotopic (exact) mass is 334 g/mol. The number of fused-ring (bicyclic) bond motifs is 1. The molecule has 3 nitrogen and oxygen atoms in total. The molecule has 0 saturated heterocycles. The van der Waals surface area contributed by atoms with Crippen molar-refractivity contribution in [1.82, 2.24) is 0 Å². The van der Waals surface area contributed by atoms with Crippen LogP contribution in [0.15, 0.2) is 17.7 Å². The first-order valence-electron chi connectivity index (χ1n) is 7.70. The van der Waals surface area contributed by atoms with Crippen molar-refractivity contribution in [3.8, 4) is 11.5 Å². The lowest BCUT2D eigenvalue weighted by molar-refractivity contribution is 0.111. The Kier molecular flexibility index (Phi) is 5.20. The van der Waals surface area contributed by atoms with Gasteiger partial charge in [0.2, 0.25) is 0 Å². The molecule has 0 spiro atoms. The minimum absolute atomic E-state index is 0.428. The van der Waals surface area contributed by atoms with E-state index in [1.807, 2.05) is 19.1 Å². The third kappa shape index (κ3) is 3.45. The van der Waals surface area contributed by atoms with Gasteiger partial charge in [-0.1, -0.05) is 23.3 Å². The topological polar surface area (TPSA) is 35.5 Å². The van der Waals surface area contributed by atoms with Crippen LogP contribution < -0.4 is 9.47 Å². The van der Waals surface area contributed by atoms with Crippen molar-refractivity contribution in [2.45, 2.75) is 46.1 Å². The molecule has 1 aliphatic heterocycles. The van der Waals surface area contributed by atoms with Crippen LogP contribution >= 0.6 is 11.6 Å². The van der Waals surface area contributed by atoms with Gasteiger partial charge in [0.1, 0.15) is 17.1 Å². The Morgan fingerprint density at radius 1 is 1.43 bits per heavy atom. The second-order valence-corrected chi connectivity index (χ2v) is 6.69. The number of carbonyl (C=O) groups excluding carboxylic acids is 1. The van der Waals surface area contributed by atoms with Crippen molar-refractivity contribution in [2.75, 3.05) is 7.11 Å². The van der Waals surface area contributed by atoms with E-state index in [-0.39, 0.29) is 0 Å². The van der Waals surface area contributed by atoms with Crippen molar-refractivity contribution >= 4 is 24.0 Å². The van der Waals surface area contributed by atoms with Crippen LogP contribution in [0.25, 0.3) is 6.08 Å². The van der Waals surface area contributed by atoms with E-state index in [4.69, 9.17) is 21.1 Å².